The van der Waals surface area contributed by atoms with Gasteiger partial charge in [-0.3, -0.25) is 19.1 Å². The Morgan fingerprint density at radius 2 is 1.73 bits per heavy atom. The number of para-hydroxylation sites is 3. The summed E-state index contributed by atoms with van der Waals surface area (Å²) in [6, 6.07) is 16.5. The van der Waals surface area contributed by atoms with Crippen molar-refractivity contribution in [2.45, 2.75) is 6.92 Å². The lowest BCUT2D eigenvalue weighted by Crippen LogP contribution is -2.27. The molecular formula is C23H21N5O5. The molecule has 0 bridgehead atoms. The Morgan fingerprint density at radius 3 is 2.42 bits per heavy atom. The lowest BCUT2D eigenvalue weighted by atomic mass is 10.2. The summed E-state index contributed by atoms with van der Waals surface area (Å²) in [6.07, 6.45) is 0. The van der Waals surface area contributed by atoms with E-state index in [0.717, 1.165) is 10.7 Å². The summed E-state index contributed by atoms with van der Waals surface area (Å²) in [6.45, 7) is 1.68. The molecule has 0 fully saturated rings. The fraction of sp³-hybridized carbons (Fsp3) is 0.130. The van der Waals surface area contributed by atoms with E-state index in [2.05, 4.69) is 10.4 Å². The number of carbonyl (C=O) groups excluding carboxylic acids is 1. The molecule has 10 nitrogen and oxygen atoms in total. The van der Waals surface area contributed by atoms with Gasteiger partial charge in [-0.15, -0.1) is 0 Å². The maximum atomic E-state index is 13.1. The van der Waals surface area contributed by atoms with E-state index in [-0.39, 0.29) is 5.69 Å². The summed E-state index contributed by atoms with van der Waals surface area (Å²) in [5.74, 6) is -1.10. The molecule has 0 aliphatic heterocycles. The third kappa shape index (κ3) is 3.78. The highest BCUT2D eigenvalue weighted by atomic mass is 16.5. The molecule has 0 radical (unpaired) electrons. The topological polar surface area (TPSA) is 120 Å². The number of anilines is 1. The number of amides is 1. The number of aromatic nitrogens is 4. The van der Waals surface area contributed by atoms with Crippen LogP contribution in [0.25, 0.3) is 11.4 Å². The number of hydrogen-bond donors (Lipinski definition) is 2. The van der Waals surface area contributed by atoms with Gasteiger partial charge in [0.1, 0.15) is 17.1 Å². The molecule has 4 aromatic rings. The summed E-state index contributed by atoms with van der Waals surface area (Å²) in [5, 5.41) is 16.8. The highest BCUT2D eigenvalue weighted by molar-refractivity contribution is 6.04. The summed E-state index contributed by atoms with van der Waals surface area (Å²) >= 11 is 0. The van der Waals surface area contributed by atoms with Crippen LogP contribution in [0, 0.1) is 6.92 Å². The zero-order chi connectivity index (χ0) is 23.7. The molecule has 168 valence electrons. The summed E-state index contributed by atoms with van der Waals surface area (Å²) < 4.78 is 9.23. The first-order chi connectivity index (χ1) is 15.8. The molecule has 0 aliphatic carbocycles. The fourth-order valence-corrected chi connectivity index (χ4v) is 3.47. The molecule has 2 aromatic heterocycles. The lowest BCUT2D eigenvalue weighted by Gasteiger charge is -2.11. The molecule has 0 unspecified atom stereocenters. The largest absolute Gasteiger partial charge is 0.505 e. The van der Waals surface area contributed by atoms with Gasteiger partial charge in [0.05, 0.1) is 18.5 Å². The Labute approximate surface area is 187 Å². The number of ether oxygens (including phenoxy) is 1. The SMILES string of the molecule is COc1ccccc1-n1nc(C(=O)Nc2c(C)n(C)n(-c3ccccc3)c2=O)c(O)cc1=O. The molecule has 2 aromatic carbocycles. The quantitative estimate of drug-likeness (QED) is 0.483. The molecular weight excluding hydrogens is 426 g/mol. The third-order valence-electron chi connectivity index (χ3n) is 5.23. The summed E-state index contributed by atoms with van der Waals surface area (Å²) in [4.78, 5) is 38.5. The second kappa shape index (κ2) is 8.50. The smallest absolute Gasteiger partial charge is 0.295 e. The van der Waals surface area contributed by atoms with Gasteiger partial charge in [-0.25, -0.2) is 4.68 Å². The van der Waals surface area contributed by atoms with Gasteiger partial charge in [-0.05, 0) is 31.2 Å². The van der Waals surface area contributed by atoms with Crippen molar-refractivity contribution in [1.82, 2.24) is 19.1 Å². The Morgan fingerprint density at radius 1 is 1.06 bits per heavy atom. The Hall–Kier alpha value is -4.60. The van der Waals surface area contributed by atoms with Crippen molar-refractivity contribution in [3.8, 4) is 22.9 Å². The van der Waals surface area contributed by atoms with E-state index in [0.29, 0.717) is 22.8 Å². The fourth-order valence-electron chi connectivity index (χ4n) is 3.47. The van der Waals surface area contributed by atoms with Crippen molar-refractivity contribution in [3.05, 3.63) is 92.8 Å². The average Bonchev–Trinajstić information content (AvgIpc) is 3.02. The first-order valence-corrected chi connectivity index (χ1v) is 9.95. The molecule has 0 spiro atoms. The normalized spacial score (nSPS) is 10.8. The van der Waals surface area contributed by atoms with Crippen LogP contribution in [0.3, 0.4) is 0 Å². The lowest BCUT2D eigenvalue weighted by molar-refractivity contribution is 0.101. The average molecular weight is 447 g/mol. The van der Waals surface area contributed by atoms with Crippen LogP contribution in [0.1, 0.15) is 16.2 Å². The predicted molar refractivity (Wildman–Crippen MR) is 122 cm³/mol. The molecule has 2 N–H and O–H groups in total. The highest BCUT2D eigenvalue weighted by Gasteiger charge is 2.23. The van der Waals surface area contributed by atoms with Crippen LogP contribution < -0.4 is 21.2 Å². The van der Waals surface area contributed by atoms with Crippen LogP contribution in [0.2, 0.25) is 0 Å². The first kappa shape index (κ1) is 21.6. The van der Waals surface area contributed by atoms with Gasteiger partial charge in [0.2, 0.25) is 0 Å². The maximum absolute atomic E-state index is 13.1. The van der Waals surface area contributed by atoms with Gasteiger partial charge in [0.15, 0.2) is 11.4 Å². The van der Waals surface area contributed by atoms with E-state index < -0.39 is 28.5 Å². The van der Waals surface area contributed by atoms with Crippen molar-refractivity contribution < 1.29 is 14.6 Å². The second-order valence-electron chi connectivity index (χ2n) is 7.19. The van der Waals surface area contributed by atoms with Crippen molar-refractivity contribution in [2.75, 3.05) is 12.4 Å². The zero-order valence-electron chi connectivity index (χ0n) is 18.1. The standard InChI is InChI=1S/C23H21N5O5/c1-14-20(23(32)28(26(14)2)15-9-5-4-6-10-15)24-22(31)21-17(29)13-19(30)27(25-21)16-11-7-8-12-18(16)33-3/h4-13,29H,1-3H3,(H,24,31). The van der Waals surface area contributed by atoms with Crippen LogP contribution >= 0.6 is 0 Å². The number of methoxy groups -OCH3 is 1. The molecule has 0 saturated carbocycles. The van der Waals surface area contributed by atoms with Crippen LogP contribution in [-0.2, 0) is 7.05 Å². The Kier molecular flexibility index (Phi) is 5.57. The minimum Gasteiger partial charge on any atom is -0.505 e. The van der Waals surface area contributed by atoms with Gasteiger partial charge in [-0.1, -0.05) is 30.3 Å². The molecule has 33 heavy (non-hydrogen) atoms. The van der Waals surface area contributed by atoms with Crippen LogP contribution in [0.15, 0.2) is 70.3 Å². The predicted octanol–water partition coefficient (Wildman–Crippen LogP) is 2.00. The number of aromatic hydroxyl groups is 1. The van der Waals surface area contributed by atoms with Crippen molar-refractivity contribution in [1.29, 1.82) is 0 Å². The molecule has 1 amide bonds. The highest BCUT2D eigenvalue weighted by Crippen LogP contribution is 2.22. The second-order valence-corrected chi connectivity index (χ2v) is 7.19. The monoisotopic (exact) mass is 447 g/mol. The van der Waals surface area contributed by atoms with Gasteiger partial charge in [0.25, 0.3) is 17.0 Å². The number of benzene rings is 2. The van der Waals surface area contributed by atoms with E-state index in [1.54, 1.807) is 67.2 Å². The minimum atomic E-state index is -0.845. The van der Waals surface area contributed by atoms with E-state index >= 15 is 0 Å². The minimum absolute atomic E-state index is 0.0302. The van der Waals surface area contributed by atoms with Gasteiger partial charge in [0, 0.05) is 13.1 Å². The molecule has 2 heterocycles. The number of carbonyl (C=O) groups is 1. The van der Waals surface area contributed by atoms with Crippen molar-refractivity contribution >= 4 is 11.6 Å². The van der Waals surface area contributed by atoms with Crippen molar-refractivity contribution in [3.63, 3.8) is 0 Å². The Bertz CT molecular complexity index is 1470. The number of nitrogens with zero attached hydrogens (tertiary/aromatic N) is 4. The maximum Gasteiger partial charge on any atom is 0.295 e. The summed E-state index contributed by atoms with van der Waals surface area (Å²) in [5.41, 5.74) is -0.0876. The molecule has 10 heteroatoms. The van der Waals surface area contributed by atoms with Crippen LogP contribution in [0.5, 0.6) is 11.5 Å². The number of nitrogens with one attached hydrogen (secondary N) is 1. The van der Waals surface area contributed by atoms with Crippen LogP contribution in [0.4, 0.5) is 5.69 Å². The van der Waals surface area contributed by atoms with Gasteiger partial charge < -0.3 is 15.2 Å². The van der Waals surface area contributed by atoms with Gasteiger partial charge in [-0.2, -0.15) is 9.78 Å². The van der Waals surface area contributed by atoms with Crippen molar-refractivity contribution in [2.24, 2.45) is 7.05 Å². The van der Waals surface area contributed by atoms with E-state index in [4.69, 9.17) is 4.74 Å². The van der Waals surface area contributed by atoms with E-state index in [1.165, 1.54) is 11.8 Å². The molecule has 4 rings (SSSR count). The van der Waals surface area contributed by atoms with E-state index in [1.807, 2.05) is 6.07 Å². The Balaban J connectivity index is 1.77. The van der Waals surface area contributed by atoms with Gasteiger partial charge >= 0.3 is 0 Å². The van der Waals surface area contributed by atoms with E-state index in [9.17, 15) is 19.5 Å². The molecule has 0 saturated heterocycles. The molecule has 0 aliphatic rings. The molecule has 0 atom stereocenters. The number of rotatable bonds is 5. The third-order valence-corrected chi connectivity index (χ3v) is 5.23. The first-order valence-electron chi connectivity index (χ1n) is 9.95. The van der Waals surface area contributed by atoms with Crippen LogP contribution in [-0.4, -0.2) is 37.3 Å². The summed E-state index contributed by atoms with van der Waals surface area (Å²) in [7, 11) is 3.13. The zero-order valence-corrected chi connectivity index (χ0v) is 18.1. The number of hydrogen-bond acceptors (Lipinski definition) is 6.